The van der Waals surface area contributed by atoms with Gasteiger partial charge in [-0.1, -0.05) is 0 Å². The lowest BCUT2D eigenvalue weighted by Gasteiger charge is -2.17. The van der Waals surface area contributed by atoms with Gasteiger partial charge < -0.3 is 14.0 Å². The van der Waals surface area contributed by atoms with Crippen LogP contribution >= 0.6 is 0 Å². The van der Waals surface area contributed by atoms with Crippen LogP contribution in [0.4, 0.5) is 0 Å². The van der Waals surface area contributed by atoms with Gasteiger partial charge in [0.15, 0.2) is 6.29 Å². The first kappa shape index (κ1) is 12.9. The summed E-state index contributed by atoms with van der Waals surface area (Å²) in [5.41, 5.74) is 2.79. The molecule has 1 atom stereocenters. The van der Waals surface area contributed by atoms with Gasteiger partial charge in [0.05, 0.1) is 19.3 Å². The van der Waals surface area contributed by atoms with Gasteiger partial charge in [0.25, 0.3) is 0 Å². The molecule has 0 amide bonds. The number of rotatable bonds is 6. The summed E-state index contributed by atoms with van der Waals surface area (Å²) >= 11 is 0. The maximum absolute atomic E-state index is 10.8. The van der Waals surface area contributed by atoms with Gasteiger partial charge in [-0.2, -0.15) is 0 Å². The van der Waals surface area contributed by atoms with E-state index in [-0.39, 0.29) is 6.10 Å². The van der Waals surface area contributed by atoms with Crippen molar-refractivity contribution in [1.29, 1.82) is 0 Å². The highest BCUT2D eigenvalue weighted by molar-refractivity contribution is 5.77. The fourth-order valence-electron chi connectivity index (χ4n) is 1.81. The minimum atomic E-state index is 0.00861. The number of nitrogens with zero attached hydrogens (tertiary/aromatic N) is 1. The molecule has 0 radical (unpaired) electrons. The van der Waals surface area contributed by atoms with Crippen molar-refractivity contribution in [2.45, 2.75) is 26.5 Å². The average Bonchev–Trinajstić information content (AvgIpc) is 2.55. The van der Waals surface area contributed by atoms with E-state index in [2.05, 4.69) is 4.57 Å². The Morgan fingerprint density at radius 2 is 2.12 bits per heavy atom. The monoisotopic (exact) mass is 225 g/mol. The normalized spacial score (nSPS) is 12.8. The highest BCUT2D eigenvalue weighted by Gasteiger charge is 2.13. The Kier molecular flexibility index (Phi) is 4.71. The molecule has 0 spiro atoms. The molecule has 16 heavy (non-hydrogen) atoms. The molecule has 0 aliphatic rings. The molecule has 0 aliphatic carbocycles. The molecule has 0 fully saturated rings. The van der Waals surface area contributed by atoms with E-state index >= 15 is 0 Å². The molecule has 1 aromatic rings. The van der Waals surface area contributed by atoms with E-state index in [4.69, 9.17) is 9.47 Å². The summed E-state index contributed by atoms with van der Waals surface area (Å²) in [5, 5.41) is 0. The number of aromatic nitrogens is 1. The van der Waals surface area contributed by atoms with E-state index in [0.717, 1.165) is 23.2 Å². The molecule has 0 N–H and O–H groups in total. The van der Waals surface area contributed by atoms with Crippen LogP contribution in [0.1, 0.15) is 21.7 Å². The second kappa shape index (κ2) is 5.82. The van der Waals surface area contributed by atoms with Crippen LogP contribution in [0, 0.1) is 13.8 Å². The highest BCUT2D eigenvalue weighted by Crippen LogP contribution is 2.14. The summed E-state index contributed by atoms with van der Waals surface area (Å²) in [5.74, 6) is 0. The molecular weight excluding hydrogens is 206 g/mol. The lowest BCUT2D eigenvalue weighted by Crippen LogP contribution is -2.24. The molecule has 1 rings (SSSR count). The Morgan fingerprint density at radius 1 is 1.44 bits per heavy atom. The van der Waals surface area contributed by atoms with E-state index in [1.54, 1.807) is 14.2 Å². The van der Waals surface area contributed by atoms with Crippen molar-refractivity contribution < 1.29 is 14.3 Å². The summed E-state index contributed by atoms with van der Waals surface area (Å²) in [7, 11) is 3.32. The molecular formula is C12H19NO3. The highest BCUT2D eigenvalue weighted by atomic mass is 16.5. The van der Waals surface area contributed by atoms with Crippen molar-refractivity contribution in [2.75, 3.05) is 20.8 Å². The van der Waals surface area contributed by atoms with Gasteiger partial charge in [-0.05, 0) is 19.9 Å². The van der Waals surface area contributed by atoms with Gasteiger partial charge in [-0.15, -0.1) is 0 Å². The largest absolute Gasteiger partial charge is 0.382 e. The smallest absolute Gasteiger partial charge is 0.151 e. The van der Waals surface area contributed by atoms with Crippen LogP contribution in [0.5, 0.6) is 0 Å². The SMILES string of the molecule is COCC(Cn1c(C)cc(C=O)c1C)OC. The maximum Gasteiger partial charge on any atom is 0.151 e. The minimum absolute atomic E-state index is 0.00861. The number of methoxy groups -OCH3 is 2. The molecule has 4 heteroatoms. The number of carbonyl (C=O) groups is 1. The maximum atomic E-state index is 10.8. The topological polar surface area (TPSA) is 40.5 Å². The van der Waals surface area contributed by atoms with Crippen LogP contribution in [0.3, 0.4) is 0 Å². The van der Waals surface area contributed by atoms with Gasteiger partial charge in [0.1, 0.15) is 0 Å². The lowest BCUT2D eigenvalue weighted by atomic mass is 10.3. The summed E-state index contributed by atoms with van der Waals surface area (Å²) < 4.78 is 12.5. The average molecular weight is 225 g/mol. The zero-order valence-electron chi connectivity index (χ0n) is 10.3. The number of aryl methyl sites for hydroxylation is 1. The van der Waals surface area contributed by atoms with Crippen LogP contribution in [-0.2, 0) is 16.0 Å². The predicted octanol–water partition coefficient (Wildman–Crippen LogP) is 1.58. The van der Waals surface area contributed by atoms with Crippen molar-refractivity contribution in [3.05, 3.63) is 23.0 Å². The first-order valence-electron chi connectivity index (χ1n) is 5.27. The van der Waals surface area contributed by atoms with Crippen molar-refractivity contribution >= 4 is 6.29 Å². The third-order valence-electron chi connectivity index (χ3n) is 2.81. The zero-order chi connectivity index (χ0) is 12.1. The predicted molar refractivity (Wildman–Crippen MR) is 62.0 cm³/mol. The number of hydrogen-bond acceptors (Lipinski definition) is 3. The summed E-state index contributed by atoms with van der Waals surface area (Å²) in [6.45, 7) is 5.18. The van der Waals surface area contributed by atoms with E-state index in [9.17, 15) is 4.79 Å². The first-order valence-corrected chi connectivity index (χ1v) is 5.27. The summed E-state index contributed by atoms with van der Waals surface area (Å²) in [4.78, 5) is 10.8. The second-order valence-corrected chi connectivity index (χ2v) is 3.87. The third kappa shape index (κ3) is 2.71. The molecule has 0 saturated heterocycles. The van der Waals surface area contributed by atoms with Crippen LogP contribution in [-0.4, -0.2) is 37.8 Å². The van der Waals surface area contributed by atoms with E-state index in [1.165, 1.54) is 0 Å². The summed E-state index contributed by atoms with van der Waals surface area (Å²) in [6.07, 6.45) is 0.894. The third-order valence-corrected chi connectivity index (χ3v) is 2.81. The van der Waals surface area contributed by atoms with Crippen LogP contribution in [0.25, 0.3) is 0 Å². The molecule has 0 saturated carbocycles. The number of aldehydes is 1. The zero-order valence-corrected chi connectivity index (χ0v) is 10.3. The van der Waals surface area contributed by atoms with Gasteiger partial charge in [-0.3, -0.25) is 4.79 Å². The van der Waals surface area contributed by atoms with Gasteiger partial charge >= 0.3 is 0 Å². The Balaban J connectivity index is 2.86. The number of ether oxygens (including phenoxy) is 2. The second-order valence-electron chi connectivity index (χ2n) is 3.87. The molecule has 4 nitrogen and oxygen atoms in total. The quantitative estimate of drug-likeness (QED) is 0.690. The van der Waals surface area contributed by atoms with Gasteiger partial charge in [-0.25, -0.2) is 0 Å². The van der Waals surface area contributed by atoms with Crippen LogP contribution < -0.4 is 0 Å². The first-order chi connectivity index (χ1) is 7.63. The van der Waals surface area contributed by atoms with Crippen LogP contribution in [0.2, 0.25) is 0 Å². The minimum Gasteiger partial charge on any atom is -0.382 e. The van der Waals surface area contributed by atoms with Gasteiger partial charge in [0, 0.05) is 31.2 Å². The molecule has 1 heterocycles. The van der Waals surface area contributed by atoms with Crippen molar-refractivity contribution in [3.8, 4) is 0 Å². The fourth-order valence-corrected chi connectivity index (χ4v) is 1.81. The van der Waals surface area contributed by atoms with Crippen LogP contribution in [0.15, 0.2) is 6.07 Å². The van der Waals surface area contributed by atoms with Crippen molar-refractivity contribution in [2.24, 2.45) is 0 Å². The Labute approximate surface area is 96.2 Å². The van der Waals surface area contributed by atoms with Crippen molar-refractivity contribution in [1.82, 2.24) is 4.57 Å². The number of carbonyl (C=O) groups excluding carboxylic acids is 1. The molecule has 0 aromatic carbocycles. The molecule has 1 unspecified atom stereocenters. The lowest BCUT2D eigenvalue weighted by molar-refractivity contribution is 0.0178. The molecule has 0 bridgehead atoms. The van der Waals surface area contributed by atoms with E-state index in [0.29, 0.717) is 13.2 Å². The van der Waals surface area contributed by atoms with Crippen molar-refractivity contribution in [3.63, 3.8) is 0 Å². The molecule has 90 valence electrons. The van der Waals surface area contributed by atoms with Gasteiger partial charge in [0.2, 0.25) is 0 Å². The fraction of sp³-hybridized carbons (Fsp3) is 0.583. The number of hydrogen-bond donors (Lipinski definition) is 0. The standard InChI is InChI=1S/C12H19NO3/c1-9-5-11(7-14)10(2)13(9)6-12(16-4)8-15-3/h5,7,12H,6,8H2,1-4H3. The molecule has 1 aromatic heterocycles. The van der Waals surface area contributed by atoms with E-state index < -0.39 is 0 Å². The Bertz CT molecular complexity index is 357. The summed E-state index contributed by atoms with van der Waals surface area (Å²) in [6, 6.07) is 1.89. The molecule has 0 aliphatic heterocycles. The van der Waals surface area contributed by atoms with E-state index in [1.807, 2.05) is 19.9 Å². The Hall–Kier alpha value is -1.13. The Morgan fingerprint density at radius 3 is 2.56 bits per heavy atom.